The third kappa shape index (κ3) is 6.20. The molecule has 0 aliphatic rings. The van der Waals surface area contributed by atoms with Crippen LogP contribution in [-0.2, 0) is 26.5 Å². The number of methoxy groups -OCH3 is 1. The van der Waals surface area contributed by atoms with Gasteiger partial charge in [0.15, 0.2) is 5.16 Å². The predicted molar refractivity (Wildman–Crippen MR) is 127 cm³/mol. The Kier molecular flexibility index (Phi) is 8.00. The minimum Gasteiger partial charge on any atom is -0.506 e. The highest BCUT2D eigenvalue weighted by molar-refractivity contribution is 7.98. The lowest BCUT2D eigenvalue weighted by Crippen LogP contribution is -2.06. The van der Waals surface area contributed by atoms with E-state index < -0.39 is 0 Å². The van der Waals surface area contributed by atoms with Crippen molar-refractivity contribution in [3.05, 3.63) is 53.3 Å². The highest BCUT2D eigenvalue weighted by atomic mass is 32.2. The number of aromatic nitrogens is 3. The zero-order valence-corrected chi connectivity index (χ0v) is 19.3. The molecule has 1 aromatic carbocycles. The van der Waals surface area contributed by atoms with Gasteiger partial charge in [-0.2, -0.15) is 5.26 Å². The van der Waals surface area contributed by atoms with Crippen molar-refractivity contribution >= 4 is 35.1 Å². The molecule has 0 saturated carbocycles. The van der Waals surface area contributed by atoms with E-state index in [-0.39, 0.29) is 41.8 Å². The second-order valence-electron chi connectivity index (χ2n) is 7.12. The molecule has 10 nitrogen and oxygen atoms in total. The third-order valence-electron chi connectivity index (χ3n) is 4.66. The first-order valence-electron chi connectivity index (χ1n) is 10.1. The number of pyridine rings is 1. The van der Waals surface area contributed by atoms with Gasteiger partial charge >= 0.3 is 5.97 Å². The van der Waals surface area contributed by atoms with Crippen LogP contribution in [0.2, 0.25) is 0 Å². The predicted octanol–water partition coefficient (Wildman–Crippen LogP) is 3.05. The van der Waals surface area contributed by atoms with Crippen molar-refractivity contribution in [2.75, 3.05) is 18.2 Å². The third-order valence-corrected chi connectivity index (χ3v) is 5.54. The number of ether oxygens (including phenoxy) is 1. The highest BCUT2D eigenvalue weighted by Gasteiger charge is 2.16. The Balaban J connectivity index is 1.81. The van der Waals surface area contributed by atoms with Crippen molar-refractivity contribution in [3.8, 4) is 23.1 Å². The zero-order chi connectivity index (χ0) is 24.7. The highest BCUT2D eigenvalue weighted by Crippen LogP contribution is 2.30. The maximum Gasteiger partial charge on any atom is 0.305 e. The second kappa shape index (κ2) is 11.1. The molecule has 0 bridgehead atoms. The molecule has 0 atom stereocenters. The Morgan fingerprint density at radius 2 is 1.91 bits per heavy atom. The van der Waals surface area contributed by atoms with Gasteiger partial charge in [-0.3, -0.25) is 14.6 Å². The Morgan fingerprint density at radius 3 is 2.56 bits per heavy atom. The molecule has 0 saturated heterocycles. The fourth-order valence-corrected chi connectivity index (χ4v) is 3.78. The van der Waals surface area contributed by atoms with Crippen LogP contribution in [0.25, 0.3) is 11.3 Å². The normalized spacial score (nSPS) is 10.4. The number of nitrogens with two attached hydrogens (primary N) is 1. The maximum absolute atomic E-state index is 11.4. The monoisotopic (exact) mass is 478 g/mol. The molecule has 3 rings (SSSR count). The van der Waals surface area contributed by atoms with E-state index in [0.717, 1.165) is 0 Å². The van der Waals surface area contributed by atoms with Crippen molar-refractivity contribution in [3.63, 3.8) is 0 Å². The van der Waals surface area contributed by atoms with Crippen molar-refractivity contribution in [1.29, 1.82) is 5.26 Å². The molecule has 11 heteroatoms. The number of carbonyl (C=O) groups excluding carboxylic acids is 2. The summed E-state index contributed by atoms with van der Waals surface area (Å²) < 4.78 is 4.63. The van der Waals surface area contributed by atoms with Crippen molar-refractivity contribution in [1.82, 2.24) is 15.0 Å². The lowest BCUT2D eigenvalue weighted by Gasteiger charge is -2.10. The number of nitrogens with zero attached hydrogens (tertiary/aromatic N) is 4. The molecule has 0 fully saturated rings. The summed E-state index contributed by atoms with van der Waals surface area (Å²) in [5.41, 5.74) is 8.87. The molecular formula is C23H22N6O4S. The first kappa shape index (κ1) is 24.5. The van der Waals surface area contributed by atoms with Crippen LogP contribution in [0, 0.1) is 11.3 Å². The van der Waals surface area contributed by atoms with E-state index in [9.17, 15) is 20.0 Å². The van der Waals surface area contributed by atoms with Gasteiger partial charge in [-0.25, -0.2) is 9.97 Å². The number of anilines is 2. The van der Waals surface area contributed by atoms with Crippen LogP contribution < -0.4 is 11.1 Å². The number of benzene rings is 1. The number of thioether (sulfide) groups is 1. The van der Waals surface area contributed by atoms with Crippen LogP contribution in [-0.4, -0.2) is 39.0 Å². The number of nitrogen functional groups attached to an aromatic ring is 1. The summed E-state index contributed by atoms with van der Waals surface area (Å²) in [7, 11) is 1.30. The van der Waals surface area contributed by atoms with Crippen LogP contribution in [0.15, 0.2) is 41.6 Å². The topological polar surface area (TPSA) is 164 Å². The first-order chi connectivity index (χ1) is 16.3. The van der Waals surface area contributed by atoms with Gasteiger partial charge in [-0.05, 0) is 24.3 Å². The fraction of sp³-hybridized carbons (Fsp3) is 0.217. The van der Waals surface area contributed by atoms with Crippen molar-refractivity contribution in [2.24, 2.45) is 0 Å². The molecule has 34 heavy (non-hydrogen) atoms. The fourth-order valence-electron chi connectivity index (χ4n) is 3.02. The number of hydrogen-bond acceptors (Lipinski definition) is 10. The second-order valence-corrected chi connectivity index (χ2v) is 8.06. The Hall–Kier alpha value is -4.17. The lowest BCUT2D eigenvalue weighted by molar-refractivity contribution is -0.140. The van der Waals surface area contributed by atoms with E-state index in [1.54, 1.807) is 30.3 Å². The Bertz CT molecular complexity index is 1260. The standard InChI is InChI=1S/C23H22N6O4S/c1-13(30)26-15-5-3-14(4-6-15)21-17(11-24)22(25)29-23(28-21)34-12-16-7-9-19(31)18(27-16)8-10-20(32)33-2/h3-7,9,31H,8,10,12H2,1-2H3,(H,26,30)(H2,25,28,29). The Labute approximate surface area is 200 Å². The van der Waals surface area contributed by atoms with Gasteiger partial charge in [0.05, 0.1) is 30.6 Å². The number of esters is 1. The average Bonchev–Trinajstić information content (AvgIpc) is 2.82. The van der Waals surface area contributed by atoms with Gasteiger partial charge in [-0.15, -0.1) is 0 Å². The summed E-state index contributed by atoms with van der Waals surface area (Å²) in [6.45, 7) is 1.42. The summed E-state index contributed by atoms with van der Waals surface area (Å²) in [5.74, 6) is -0.149. The van der Waals surface area contributed by atoms with Gasteiger partial charge in [0.2, 0.25) is 5.91 Å². The molecule has 1 amide bonds. The summed E-state index contributed by atoms with van der Waals surface area (Å²) >= 11 is 1.27. The number of nitrogens with one attached hydrogen (secondary N) is 1. The van der Waals surface area contributed by atoms with Crippen LogP contribution in [0.3, 0.4) is 0 Å². The smallest absolute Gasteiger partial charge is 0.305 e. The quantitative estimate of drug-likeness (QED) is 0.249. The number of carbonyl (C=O) groups is 2. The maximum atomic E-state index is 11.4. The van der Waals surface area contributed by atoms with Gasteiger partial charge in [0.25, 0.3) is 0 Å². The molecule has 0 radical (unpaired) electrons. The summed E-state index contributed by atoms with van der Waals surface area (Å²) in [4.78, 5) is 35.8. The molecule has 0 spiro atoms. The van der Waals surface area contributed by atoms with Gasteiger partial charge < -0.3 is 20.9 Å². The summed E-state index contributed by atoms with van der Waals surface area (Å²) in [6.07, 6.45) is 0.350. The first-order valence-corrected chi connectivity index (χ1v) is 11.1. The van der Waals surface area contributed by atoms with Gasteiger partial charge in [0.1, 0.15) is 23.2 Å². The molecule has 174 valence electrons. The van der Waals surface area contributed by atoms with E-state index in [4.69, 9.17) is 5.73 Å². The average molecular weight is 479 g/mol. The SMILES string of the molecule is COC(=O)CCc1nc(CSc2nc(N)c(C#N)c(-c3ccc(NC(C)=O)cc3)n2)ccc1O. The number of amides is 1. The number of nitriles is 1. The largest absolute Gasteiger partial charge is 0.506 e. The number of hydrogen-bond donors (Lipinski definition) is 3. The lowest BCUT2D eigenvalue weighted by atomic mass is 10.1. The molecule has 0 unspecified atom stereocenters. The molecule has 0 aliphatic heterocycles. The van der Waals surface area contributed by atoms with E-state index >= 15 is 0 Å². The van der Waals surface area contributed by atoms with Gasteiger partial charge in [-0.1, -0.05) is 23.9 Å². The van der Waals surface area contributed by atoms with Crippen LogP contribution in [0.1, 0.15) is 30.3 Å². The molecule has 2 heterocycles. The molecule has 2 aromatic heterocycles. The summed E-state index contributed by atoms with van der Waals surface area (Å²) in [6, 6.07) is 12.1. The van der Waals surface area contributed by atoms with E-state index in [1.807, 2.05) is 6.07 Å². The molecule has 4 N–H and O–H groups in total. The van der Waals surface area contributed by atoms with Crippen LogP contribution in [0.5, 0.6) is 5.75 Å². The number of aryl methyl sites for hydroxylation is 1. The minimum atomic E-state index is -0.389. The minimum absolute atomic E-state index is 0.00140. The molecule has 0 aliphatic carbocycles. The van der Waals surface area contributed by atoms with E-state index in [2.05, 4.69) is 25.0 Å². The van der Waals surface area contributed by atoms with Crippen molar-refractivity contribution < 1.29 is 19.4 Å². The molecular weight excluding hydrogens is 456 g/mol. The van der Waals surface area contributed by atoms with Crippen LogP contribution >= 0.6 is 11.8 Å². The number of aromatic hydroxyl groups is 1. The van der Waals surface area contributed by atoms with E-state index in [1.165, 1.54) is 31.9 Å². The summed E-state index contributed by atoms with van der Waals surface area (Å²) in [5, 5.41) is 22.6. The Morgan fingerprint density at radius 1 is 1.18 bits per heavy atom. The zero-order valence-electron chi connectivity index (χ0n) is 18.5. The molecule has 3 aromatic rings. The van der Waals surface area contributed by atoms with Crippen molar-refractivity contribution in [2.45, 2.75) is 30.7 Å². The van der Waals surface area contributed by atoms with Gasteiger partial charge in [0, 0.05) is 30.3 Å². The number of rotatable bonds is 8. The van der Waals surface area contributed by atoms with Crippen LogP contribution in [0.4, 0.5) is 11.5 Å². The van der Waals surface area contributed by atoms with E-state index in [0.29, 0.717) is 39.2 Å².